The van der Waals surface area contributed by atoms with Gasteiger partial charge in [-0.1, -0.05) is 30.4 Å². The zero-order chi connectivity index (χ0) is 24.2. The highest BCUT2D eigenvalue weighted by Crippen LogP contribution is 2.26. The number of ketones is 1. The molecule has 1 unspecified atom stereocenters. The Hall–Kier alpha value is -3.03. The fourth-order valence-electron chi connectivity index (χ4n) is 3.73. The number of halogens is 2. The number of hydrogen-bond donors (Lipinski definition) is 2. The number of rotatable bonds is 14. The van der Waals surface area contributed by atoms with E-state index in [-0.39, 0.29) is 24.5 Å². The van der Waals surface area contributed by atoms with Crippen LogP contribution in [-0.4, -0.2) is 35.0 Å². The van der Waals surface area contributed by atoms with Crippen molar-refractivity contribution < 1.29 is 28.2 Å². The number of Topliss-reactive ketones (excluding diaryl/α,β-unsaturated/α-hetero) is 1. The number of nitrogens with zero attached hydrogens (tertiary/aromatic N) is 1. The van der Waals surface area contributed by atoms with Gasteiger partial charge in [-0.05, 0) is 50.2 Å². The molecule has 0 bridgehead atoms. The largest absolute Gasteiger partial charge is 0.481 e. The molecule has 2 rings (SSSR count). The summed E-state index contributed by atoms with van der Waals surface area (Å²) in [5.74, 6) is -1.90. The lowest BCUT2D eigenvalue weighted by Gasteiger charge is -2.17. The third kappa shape index (κ3) is 9.97. The Bertz CT molecular complexity index is 879. The van der Waals surface area contributed by atoms with E-state index < -0.39 is 18.5 Å². The number of aliphatic carboxylic acids is 1. The summed E-state index contributed by atoms with van der Waals surface area (Å²) in [5, 5.41) is 12.5. The van der Waals surface area contributed by atoms with Gasteiger partial charge in [-0.3, -0.25) is 9.59 Å². The molecule has 0 spiro atoms. The molecule has 6 nitrogen and oxygen atoms in total. The molecular formula is C25H32F2N2O4. The molecule has 8 heteroatoms. The number of alkyl halides is 2. The van der Waals surface area contributed by atoms with Gasteiger partial charge in [0.1, 0.15) is 5.78 Å². The monoisotopic (exact) mass is 462 g/mol. The summed E-state index contributed by atoms with van der Waals surface area (Å²) in [6.07, 6.45) is 10.1. The lowest BCUT2D eigenvalue weighted by molar-refractivity contribution is -0.137. The van der Waals surface area contributed by atoms with Crippen LogP contribution in [0.4, 0.5) is 8.78 Å². The summed E-state index contributed by atoms with van der Waals surface area (Å²) in [7, 11) is 0. The molecule has 0 fully saturated rings. The average molecular weight is 463 g/mol. The maximum atomic E-state index is 12.4. The molecule has 1 atom stereocenters. The Morgan fingerprint density at radius 2 is 2.03 bits per heavy atom. The number of nitrogens with one attached hydrogen (secondary N) is 1. The molecule has 180 valence electrons. The molecule has 0 radical (unpaired) electrons. The van der Waals surface area contributed by atoms with E-state index in [1.54, 1.807) is 0 Å². The van der Waals surface area contributed by atoms with Gasteiger partial charge in [0.05, 0.1) is 6.42 Å². The summed E-state index contributed by atoms with van der Waals surface area (Å²) >= 11 is 0. The number of unbranched alkanes of at least 4 members (excludes halogenated alkanes) is 1. The number of pyridine rings is 1. The van der Waals surface area contributed by atoms with E-state index in [0.717, 1.165) is 37.8 Å². The van der Waals surface area contributed by atoms with Gasteiger partial charge >= 0.3 is 12.6 Å². The number of allylic oxidation sites excluding steroid dienone is 5. The molecule has 2 heterocycles. The van der Waals surface area contributed by atoms with Crippen molar-refractivity contribution in [1.29, 1.82) is 0 Å². The second-order valence-corrected chi connectivity index (χ2v) is 8.23. The third-order valence-electron chi connectivity index (χ3n) is 5.55. The zero-order valence-corrected chi connectivity index (χ0v) is 19.0. The van der Waals surface area contributed by atoms with Crippen molar-refractivity contribution in [3.8, 4) is 5.88 Å². The van der Waals surface area contributed by atoms with Gasteiger partial charge in [-0.25, -0.2) is 4.98 Å². The molecule has 0 aromatic carbocycles. The Balaban J connectivity index is 1.79. The van der Waals surface area contributed by atoms with Crippen LogP contribution in [0.1, 0.15) is 69.8 Å². The number of carbonyl (C=O) groups is 2. The minimum absolute atomic E-state index is 0.0376. The third-order valence-corrected chi connectivity index (χ3v) is 5.55. The SMILES string of the molecule is C=C(/C=C\C1=C(C)NCCC1)CCCCC(=O)CC(CC(=O)O)c1ccc(OC(F)F)nc1. The number of carbonyl (C=O) groups excluding carboxylic acids is 1. The fraction of sp³-hybridized carbons (Fsp3) is 0.480. The Labute approximate surface area is 193 Å². The van der Waals surface area contributed by atoms with Gasteiger partial charge in [-0.2, -0.15) is 8.78 Å². The number of ether oxygens (including phenoxy) is 1. The smallest absolute Gasteiger partial charge is 0.388 e. The van der Waals surface area contributed by atoms with Crippen LogP contribution in [0.15, 0.2) is 53.9 Å². The van der Waals surface area contributed by atoms with Crippen molar-refractivity contribution in [1.82, 2.24) is 10.3 Å². The van der Waals surface area contributed by atoms with Crippen LogP contribution < -0.4 is 10.1 Å². The Kier molecular flexibility index (Phi) is 10.7. The number of carboxylic acid groups (broad SMARTS) is 1. The van der Waals surface area contributed by atoms with E-state index in [9.17, 15) is 23.5 Å². The number of carboxylic acids is 1. The second-order valence-electron chi connectivity index (χ2n) is 8.23. The number of aromatic nitrogens is 1. The van der Waals surface area contributed by atoms with E-state index in [1.807, 2.05) is 6.08 Å². The zero-order valence-electron chi connectivity index (χ0n) is 19.0. The summed E-state index contributed by atoms with van der Waals surface area (Å²) < 4.78 is 28.7. The highest BCUT2D eigenvalue weighted by Gasteiger charge is 2.20. The minimum Gasteiger partial charge on any atom is -0.481 e. The van der Waals surface area contributed by atoms with Gasteiger partial charge in [-0.15, -0.1) is 0 Å². The molecule has 33 heavy (non-hydrogen) atoms. The van der Waals surface area contributed by atoms with Crippen molar-refractivity contribution in [3.63, 3.8) is 0 Å². The van der Waals surface area contributed by atoms with Crippen LogP contribution >= 0.6 is 0 Å². The molecule has 1 aliphatic rings. The predicted octanol–water partition coefficient (Wildman–Crippen LogP) is 5.53. The van der Waals surface area contributed by atoms with Crippen LogP contribution in [-0.2, 0) is 9.59 Å². The van der Waals surface area contributed by atoms with Crippen molar-refractivity contribution in [2.24, 2.45) is 0 Å². The average Bonchev–Trinajstić information content (AvgIpc) is 2.75. The summed E-state index contributed by atoms with van der Waals surface area (Å²) in [6.45, 7) is 4.18. The lowest BCUT2D eigenvalue weighted by atomic mass is 9.90. The van der Waals surface area contributed by atoms with Crippen molar-refractivity contribution in [2.75, 3.05) is 6.54 Å². The standard InChI is InChI=1S/C25H32F2N2O4/c1-17(9-10-19-7-5-13-28-18(19)2)6-3-4-8-22(30)14-21(15-24(31)32)20-11-12-23(29-16-20)33-25(26)27/h9-12,16,21,25,28H,1,3-8,13-15H2,2H3,(H,31,32)/b10-9-. The lowest BCUT2D eigenvalue weighted by Crippen LogP contribution is -2.19. The molecule has 1 aromatic rings. The Morgan fingerprint density at radius 3 is 2.67 bits per heavy atom. The van der Waals surface area contributed by atoms with Gasteiger partial charge in [0.2, 0.25) is 5.88 Å². The molecule has 2 N–H and O–H groups in total. The van der Waals surface area contributed by atoms with Crippen LogP contribution in [0, 0.1) is 0 Å². The molecular weight excluding hydrogens is 430 g/mol. The van der Waals surface area contributed by atoms with Gasteiger partial charge in [0.15, 0.2) is 0 Å². The predicted molar refractivity (Wildman–Crippen MR) is 122 cm³/mol. The van der Waals surface area contributed by atoms with E-state index in [0.29, 0.717) is 18.4 Å². The topological polar surface area (TPSA) is 88.5 Å². The minimum atomic E-state index is -2.99. The highest BCUT2D eigenvalue weighted by atomic mass is 19.3. The molecule has 0 amide bonds. The van der Waals surface area contributed by atoms with Gasteiger partial charge < -0.3 is 15.2 Å². The van der Waals surface area contributed by atoms with Gasteiger partial charge in [0, 0.05) is 43.3 Å². The second kappa shape index (κ2) is 13.5. The Morgan fingerprint density at radius 1 is 1.27 bits per heavy atom. The highest BCUT2D eigenvalue weighted by molar-refractivity contribution is 5.80. The molecule has 0 saturated heterocycles. The van der Waals surface area contributed by atoms with Crippen LogP contribution in [0.2, 0.25) is 0 Å². The summed E-state index contributed by atoms with van der Waals surface area (Å²) in [4.78, 5) is 27.5. The quantitative estimate of drug-likeness (QED) is 0.279. The maximum Gasteiger partial charge on any atom is 0.388 e. The first-order valence-corrected chi connectivity index (χ1v) is 11.2. The van der Waals surface area contributed by atoms with E-state index >= 15 is 0 Å². The fourth-order valence-corrected chi connectivity index (χ4v) is 3.73. The molecule has 0 saturated carbocycles. The van der Waals surface area contributed by atoms with E-state index in [2.05, 4.69) is 34.6 Å². The van der Waals surface area contributed by atoms with Crippen LogP contribution in [0.25, 0.3) is 0 Å². The van der Waals surface area contributed by atoms with Gasteiger partial charge in [0.25, 0.3) is 0 Å². The maximum absolute atomic E-state index is 12.4. The molecule has 1 aliphatic heterocycles. The molecule has 0 aliphatic carbocycles. The normalized spacial score (nSPS) is 14.9. The van der Waals surface area contributed by atoms with Crippen LogP contribution in [0.3, 0.4) is 0 Å². The summed E-state index contributed by atoms with van der Waals surface area (Å²) in [5.41, 5.74) is 4.02. The van der Waals surface area contributed by atoms with E-state index in [4.69, 9.17) is 0 Å². The van der Waals surface area contributed by atoms with Crippen molar-refractivity contribution in [3.05, 3.63) is 59.5 Å². The van der Waals surface area contributed by atoms with Crippen molar-refractivity contribution in [2.45, 2.75) is 70.8 Å². The first-order valence-electron chi connectivity index (χ1n) is 11.2. The first kappa shape index (κ1) is 26.2. The van der Waals surface area contributed by atoms with Crippen molar-refractivity contribution >= 4 is 11.8 Å². The summed E-state index contributed by atoms with van der Waals surface area (Å²) in [6, 6.07) is 2.72. The number of hydrogen-bond acceptors (Lipinski definition) is 5. The van der Waals surface area contributed by atoms with E-state index in [1.165, 1.54) is 29.6 Å². The van der Waals surface area contributed by atoms with Crippen LogP contribution in [0.5, 0.6) is 5.88 Å². The first-order chi connectivity index (χ1) is 15.7. The molecule has 1 aromatic heterocycles.